The molecule has 1 atom stereocenters. The second-order valence-corrected chi connectivity index (χ2v) is 4.86. The molecule has 0 fully saturated rings. The third-order valence-electron chi connectivity index (χ3n) is 1.77. The normalized spacial score (nSPS) is 12.6. The molecule has 0 saturated heterocycles. The quantitative estimate of drug-likeness (QED) is 0.827. The summed E-state index contributed by atoms with van der Waals surface area (Å²) in [5.74, 6) is 0. The summed E-state index contributed by atoms with van der Waals surface area (Å²) in [5.41, 5.74) is 7.96. The van der Waals surface area contributed by atoms with E-state index in [1.165, 1.54) is 0 Å². The fourth-order valence-corrected chi connectivity index (χ4v) is 2.37. The predicted octanol–water partition coefficient (Wildman–Crippen LogP) is 3.79. The van der Waals surface area contributed by atoms with Crippen LogP contribution in [0, 0.1) is 0 Å². The van der Waals surface area contributed by atoms with Crippen molar-refractivity contribution in [3.05, 3.63) is 44.9 Å². The molecule has 2 N–H and O–H groups in total. The van der Waals surface area contributed by atoms with Crippen molar-refractivity contribution in [3.8, 4) is 0 Å². The van der Waals surface area contributed by atoms with E-state index in [0.29, 0.717) is 0 Å². The summed E-state index contributed by atoms with van der Waals surface area (Å²) in [4.78, 5) is 0. The van der Waals surface area contributed by atoms with Crippen molar-refractivity contribution in [2.24, 2.45) is 5.73 Å². The van der Waals surface area contributed by atoms with Gasteiger partial charge in [0.15, 0.2) is 0 Å². The zero-order chi connectivity index (χ0) is 10.0. The lowest BCUT2D eigenvalue weighted by molar-refractivity contribution is 0.849. The predicted molar refractivity (Wildman–Crippen MR) is 63.6 cm³/mol. The Hall–Kier alpha value is -0.120. The van der Waals surface area contributed by atoms with Crippen LogP contribution in [0.4, 0.5) is 0 Å². The second kappa shape index (κ2) is 4.40. The minimum atomic E-state index is -0.0891. The van der Waals surface area contributed by atoms with Crippen molar-refractivity contribution >= 4 is 31.9 Å². The molecule has 1 aromatic carbocycles. The van der Waals surface area contributed by atoms with Crippen molar-refractivity contribution in [2.75, 3.05) is 0 Å². The third kappa shape index (κ3) is 2.93. The number of rotatable bonds is 2. The van der Waals surface area contributed by atoms with Gasteiger partial charge in [-0.3, -0.25) is 0 Å². The molecule has 0 aliphatic heterocycles. The summed E-state index contributed by atoms with van der Waals surface area (Å²) in [6.45, 7) is 5.77. The molecule has 0 aliphatic carbocycles. The zero-order valence-corrected chi connectivity index (χ0v) is 10.5. The largest absolute Gasteiger partial charge is 0.321 e. The van der Waals surface area contributed by atoms with E-state index in [1.54, 1.807) is 0 Å². The molecule has 0 bridgehead atoms. The Morgan fingerprint density at radius 3 is 2.15 bits per heavy atom. The molecule has 1 unspecified atom stereocenters. The highest BCUT2D eigenvalue weighted by Crippen LogP contribution is 2.25. The summed E-state index contributed by atoms with van der Waals surface area (Å²) in [7, 11) is 0. The van der Waals surface area contributed by atoms with Crippen LogP contribution in [0.2, 0.25) is 0 Å². The van der Waals surface area contributed by atoms with Crippen molar-refractivity contribution in [3.63, 3.8) is 0 Å². The second-order valence-electron chi connectivity index (χ2n) is 3.03. The molecule has 0 radical (unpaired) electrons. The van der Waals surface area contributed by atoms with Crippen LogP contribution in [-0.2, 0) is 0 Å². The Kier molecular flexibility index (Phi) is 3.71. The molecule has 0 spiro atoms. The summed E-state index contributed by atoms with van der Waals surface area (Å²) < 4.78 is 2.04. The van der Waals surface area contributed by atoms with Gasteiger partial charge in [0.2, 0.25) is 0 Å². The van der Waals surface area contributed by atoms with E-state index in [4.69, 9.17) is 5.73 Å². The molecule has 1 aromatic rings. The van der Waals surface area contributed by atoms with E-state index in [1.807, 2.05) is 25.1 Å². The Balaban J connectivity index is 3.07. The van der Waals surface area contributed by atoms with Crippen LogP contribution in [0.3, 0.4) is 0 Å². The van der Waals surface area contributed by atoms with Gasteiger partial charge in [0, 0.05) is 8.95 Å². The lowest BCUT2D eigenvalue weighted by Crippen LogP contribution is -2.10. The molecular weight excluding hydrogens is 294 g/mol. The zero-order valence-electron chi connectivity index (χ0n) is 7.35. The van der Waals surface area contributed by atoms with E-state index in [-0.39, 0.29) is 6.04 Å². The fraction of sp³-hybridized carbons (Fsp3) is 0.200. The Bertz CT molecular complexity index is 313. The Morgan fingerprint density at radius 2 is 1.77 bits per heavy atom. The number of halogens is 2. The molecule has 1 nitrogen and oxygen atoms in total. The summed E-state index contributed by atoms with van der Waals surface area (Å²) >= 11 is 6.83. The van der Waals surface area contributed by atoms with Crippen molar-refractivity contribution < 1.29 is 0 Å². The minimum absolute atomic E-state index is 0.0891. The van der Waals surface area contributed by atoms with Crippen LogP contribution in [0.15, 0.2) is 39.3 Å². The summed E-state index contributed by atoms with van der Waals surface area (Å²) in [6.07, 6.45) is 0. The molecule has 0 aromatic heterocycles. The van der Waals surface area contributed by atoms with E-state index in [2.05, 4.69) is 38.4 Å². The van der Waals surface area contributed by atoms with Gasteiger partial charge in [-0.25, -0.2) is 0 Å². The van der Waals surface area contributed by atoms with E-state index >= 15 is 0 Å². The SMILES string of the molecule is C=C(C)C(N)c1cc(Br)cc(Br)c1. The molecule has 0 saturated carbocycles. The molecule has 1 rings (SSSR count). The van der Waals surface area contributed by atoms with E-state index < -0.39 is 0 Å². The first-order valence-corrected chi connectivity index (χ1v) is 5.46. The first-order valence-electron chi connectivity index (χ1n) is 3.87. The van der Waals surface area contributed by atoms with Gasteiger partial charge in [0.25, 0.3) is 0 Å². The van der Waals surface area contributed by atoms with Gasteiger partial charge in [-0.15, -0.1) is 0 Å². The fourth-order valence-electron chi connectivity index (χ4n) is 1.04. The van der Waals surface area contributed by atoms with Gasteiger partial charge in [-0.1, -0.05) is 44.0 Å². The van der Waals surface area contributed by atoms with Crippen LogP contribution in [0.1, 0.15) is 18.5 Å². The van der Waals surface area contributed by atoms with Crippen LogP contribution in [-0.4, -0.2) is 0 Å². The van der Waals surface area contributed by atoms with Crippen molar-refractivity contribution in [1.82, 2.24) is 0 Å². The van der Waals surface area contributed by atoms with Crippen molar-refractivity contribution in [1.29, 1.82) is 0 Å². The average molecular weight is 305 g/mol. The van der Waals surface area contributed by atoms with Gasteiger partial charge in [-0.2, -0.15) is 0 Å². The minimum Gasteiger partial charge on any atom is -0.321 e. The first kappa shape index (κ1) is 11.0. The summed E-state index contributed by atoms with van der Waals surface area (Å²) in [5, 5.41) is 0. The number of nitrogens with two attached hydrogens (primary N) is 1. The molecule has 0 aliphatic rings. The van der Waals surface area contributed by atoms with Crippen LogP contribution >= 0.6 is 31.9 Å². The number of benzene rings is 1. The van der Waals surface area contributed by atoms with E-state index in [9.17, 15) is 0 Å². The van der Waals surface area contributed by atoms with Gasteiger partial charge in [-0.05, 0) is 30.7 Å². The maximum Gasteiger partial charge on any atom is 0.0506 e. The topological polar surface area (TPSA) is 26.0 Å². The van der Waals surface area contributed by atoms with Crippen LogP contribution in [0.5, 0.6) is 0 Å². The highest BCUT2D eigenvalue weighted by atomic mass is 79.9. The van der Waals surface area contributed by atoms with Gasteiger partial charge in [0.05, 0.1) is 6.04 Å². The maximum atomic E-state index is 5.93. The highest BCUT2D eigenvalue weighted by Gasteiger charge is 2.07. The Labute approximate surface area is 95.3 Å². The maximum absolute atomic E-state index is 5.93. The first-order chi connectivity index (χ1) is 6.00. The molecule has 0 heterocycles. The molecule has 3 heteroatoms. The van der Waals surface area contributed by atoms with Gasteiger partial charge < -0.3 is 5.73 Å². The monoisotopic (exact) mass is 303 g/mol. The third-order valence-corrected chi connectivity index (χ3v) is 2.69. The van der Waals surface area contributed by atoms with Crippen molar-refractivity contribution in [2.45, 2.75) is 13.0 Å². The lowest BCUT2D eigenvalue weighted by Gasteiger charge is -2.12. The Morgan fingerprint density at radius 1 is 1.31 bits per heavy atom. The van der Waals surface area contributed by atoms with Crippen LogP contribution < -0.4 is 5.73 Å². The van der Waals surface area contributed by atoms with Gasteiger partial charge in [0.1, 0.15) is 0 Å². The average Bonchev–Trinajstić information content (AvgIpc) is 2.01. The van der Waals surface area contributed by atoms with Gasteiger partial charge >= 0.3 is 0 Å². The number of hydrogen-bond acceptors (Lipinski definition) is 1. The molecular formula is C10H11Br2N. The molecule has 0 amide bonds. The summed E-state index contributed by atoms with van der Waals surface area (Å²) in [6, 6.07) is 5.90. The number of hydrogen-bond donors (Lipinski definition) is 1. The lowest BCUT2D eigenvalue weighted by atomic mass is 10.0. The standard InChI is InChI=1S/C10H11Br2N/c1-6(2)10(13)7-3-8(11)5-9(12)4-7/h3-5,10H,1,13H2,2H3. The van der Waals surface area contributed by atoms with E-state index in [0.717, 1.165) is 20.1 Å². The smallest absolute Gasteiger partial charge is 0.0506 e. The molecule has 70 valence electrons. The molecule has 13 heavy (non-hydrogen) atoms. The van der Waals surface area contributed by atoms with Crippen LogP contribution in [0.25, 0.3) is 0 Å². The highest BCUT2D eigenvalue weighted by molar-refractivity contribution is 9.11.